The van der Waals surface area contributed by atoms with Gasteiger partial charge in [-0.15, -0.1) is 0 Å². The van der Waals surface area contributed by atoms with Crippen LogP contribution < -0.4 is 0 Å². The molecule has 0 bridgehead atoms. The van der Waals surface area contributed by atoms with E-state index < -0.39 is 6.04 Å². The Morgan fingerprint density at radius 2 is 2.40 bits per heavy atom. The lowest BCUT2D eigenvalue weighted by Gasteiger charge is -2.23. The first kappa shape index (κ1) is 12.2. The van der Waals surface area contributed by atoms with Crippen LogP contribution in [0.3, 0.4) is 0 Å². The molecule has 0 amide bonds. The molecule has 2 atom stereocenters. The number of allylic oxidation sites excluding steroid dienone is 1. The summed E-state index contributed by atoms with van der Waals surface area (Å²) in [6.45, 7) is 2.78. The van der Waals surface area contributed by atoms with Crippen LogP contribution in [-0.4, -0.2) is 23.7 Å². The van der Waals surface area contributed by atoms with E-state index in [0.29, 0.717) is 13.0 Å². The van der Waals surface area contributed by atoms with Crippen LogP contribution >= 0.6 is 0 Å². The summed E-state index contributed by atoms with van der Waals surface area (Å²) in [6, 6.07) is -0.545. The molecular weight excluding hydrogens is 194 g/mol. The summed E-state index contributed by atoms with van der Waals surface area (Å²) < 4.78 is 5.40. The van der Waals surface area contributed by atoms with Crippen molar-refractivity contribution in [1.29, 1.82) is 0 Å². The predicted molar refractivity (Wildman–Crippen MR) is 58.4 cm³/mol. The van der Waals surface area contributed by atoms with Gasteiger partial charge in [0, 0.05) is 18.0 Å². The zero-order valence-corrected chi connectivity index (χ0v) is 9.22. The van der Waals surface area contributed by atoms with Crippen molar-refractivity contribution in [2.45, 2.75) is 51.2 Å². The second-order valence-electron chi connectivity index (χ2n) is 3.90. The third-order valence-electron chi connectivity index (χ3n) is 2.65. The Morgan fingerprint density at radius 1 is 1.60 bits per heavy atom. The van der Waals surface area contributed by atoms with E-state index in [1.807, 2.05) is 12.2 Å². The van der Waals surface area contributed by atoms with Crippen LogP contribution in [0.1, 0.15) is 39.0 Å². The second-order valence-corrected chi connectivity index (χ2v) is 3.90. The molecule has 0 aromatic carbocycles. The maximum atomic E-state index is 10.7. The second kappa shape index (κ2) is 6.56. The van der Waals surface area contributed by atoms with Gasteiger partial charge in [0.05, 0.1) is 0 Å². The molecule has 4 nitrogen and oxygen atoms in total. The lowest BCUT2D eigenvalue weighted by Crippen LogP contribution is -2.38. The van der Waals surface area contributed by atoms with Crippen LogP contribution in [0.25, 0.3) is 0 Å². The van der Waals surface area contributed by atoms with E-state index in [9.17, 15) is 10.1 Å². The van der Waals surface area contributed by atoms with Gasteiger partial charge in [0.25, 0.3) is 0 Å². The van der Waals surface area contributed by atoms with Crippen LogP contribution in [0.5, 0.6) is 0 Å². The summed E-state index contributed by atoms with van der Waals surface area (Å²) in [7, 11) is 0. The van der Waals surface area contributed by atoms with E-state index in [0.717, 1.165) is 25.7 Å². The summed E-state index contributed by atoms with van der Waals surface area (Å²) in [5.41, 5.74) is 0. The molecule has 0 N–H and O–H groups in total. The van der Waals surface area contributed by atoms with E-state index >= 15 is 0 Å². The normalized spacial score (nSPS) is 27.0. The van der Waals surface area contributed by atoms with Gasteiger partial charge in [-0.1, -0.05) is 31.9 Å². The smallest absolute Gasteiger partial charge is 0.242 e. The van der Waals surface area contributed by atoms with Crippen LogP contribution in [0, 0.1) is 10.1 Å². The molecule has 0 spiro atoms. The molecule has 0 saturated carbocycles. The molecule has 0 aromatic rings. The first-order valence-electron chi connectivity index (χ1n) is 5.67. The molecule has 1 saturated heterocycles. The molecule has 1 rings (SSSR count). The number of nitro groups is 1. The standard InChI is InChI=1S/C11H19NO3/c1-2-3-4-5-8-11-10(12(13)14)7-6-9-15-11/h5,8,10-11H,2-4,6-7,9H2,1H3/b8-5+/t10-,11-/m1/s1. The van der Waals surface area contributed by atoms with Gasteiger partial charge in [0.15, 0.2) is 0 Å². The SMILES string of the molecule is CCCC/C=C/[C@H]1OCCC[C@H]1[N+](=O)[O-]. The van der Waals surface area contributed by atoms with Gasteiger partial charge >= 0.3 is 0 Å². The van der Waals surface area contributed by atoms with Crippen LogP contribution in [0.4, 0.5) is 0 Å². The monoisotopic (exact) mass is 213 g/mol. The van der Waals surface area contributed by atoms with E-state index in [4.69, 9.17) is 4.74 Å². The molecule has 86 valence electrons. The maximum Gasteiger partial charge on any atom is 0.242 e. The molecule has 1 heterocycles. The quantitative estimate of drug-likeness (QED) is 0.305. The zero-order valence-electron chi connectivity index (χ0n) is 9.22. The average Bonchev–Trinajstić information content (AvgIpc) is 2.25. The Kier molecular flexibility index (Phi) is 5.32. The van der Waals surface area contributed by atoms with Gasteiger partial charge in [-0.25, -0.2) is 0 Å². The zero-order chi connectivity index (χ0) is 11.1. The summed E-state index contributed by atoms with van der Waals surface area (Å²) in [5, 5.41) is 10.7. The predicted octanol–water partition coefficient (Wildman–Crippen LogP) is 2.56. The fraction of sp³-hybridized carbons (Fsp3) is 0.818. The number of ether oxygens (including phenoxy) is 1. The van der Waals surface area contributed by atoms with Crippen molar-refractivity contribution in [2.75, 3.05) is 6.61 Å². The molecular formula is C11H19NO3. The van der Waals surface area contributed by atoms with Gasteiger partial charge in [-0.05, 0) is 12.8 Å². The minimum atomic E-state index is -0.545. The Morgan fingerprint density at radius 3 is 3.07 bits per heavy atom. The summed E-state index contributed by atoms with van der Waals surface area (Å²) in [6.07, 6.45) is 8.26. The minimum Gasteiger partial charge on any atom is -0.367 e. The molecule has 0 aromatic heterocycles. The molecule has 1 aliphatic heterocycles. The van der Waals surface area contributed by atoms with Crippen LogP contribution in [0.15, 0.2) is 12.2 Å². The van der Waals surface area contributed by atoms with Crippen molar-refractivity contribution in [2.24, 2.45) is 0 Å². The lowest BCUT2D eigenvalue weighted by atomic mass is 10.0. The van der Waals surface area contributed by atoms with Crippen LogP contribution in [-0.2, 0) is 4.74 Å². The lowest BCUT2D eigenvalue weighted by molar-refractivity contribution is -0.537. The van der Waals surface area contributed by atoms with E-state index in [1.165, 1.54) is 0 Å². The van der Waals surface area contributed by atoms with E-state index in [-0.39, 0.29) is 11.0 Å². The highest BCUT2D eigenvalue weighted by molar-refractivity contribution is 4.95. The Balaban J connectivity index is 2.42. The Hall–Kier alpha value is -0.900. The van der Waals surface area contributed by atoms with Crippen molar-refractivity contribution in [3.8, 4) is 0 Å². The Bertz CT molecular complexity index is 228. The minimum absolute atomic E-state index is 0.214. The Labute approximate surface area is 90.5 Å². The van der Waals surface area contributed by atoms with Crippen molar-refractivity contribution < 1.29 is 9.66 Å². The average molecular weight is 213 g/mol. The van der Waals surface area contributed by atoms with Crippen molar-refractivity contribution >= 4 is 0 Å². The highest BCUT2D eigenvalue weighted by Crippen LogP contribution is 2.18. The van der Waals surface area contributed by atoms with Gasteiger partial charge in [-0.2, -0.15) is 0 Å². The largest absolute Gasteiger partial charge is 0.367 e. The summed E-state index contributed by atoms with van der Waals surface area (Å²) >= 11 is 0. The van der Waals surface area contributed by atoms with Crippen molar-refractivity contribution in [1.82, 2.24) is 0 Å². The highest BCUT2D eigenvalue weighted by atomic mass is 16.6. The molecule has 4 heteroatoms. The number of unbranched alkanes of at least 4 members (excludes halogenated alkanes) is 2. The molecule has 1 aliphatic rings. The fourth-order valence-corrected chi connectivity index (χ4v) is 1.75. The summed E-state index contributed by atoms with van der Waals surface area (Å²) in [4.78, 5) is 10.5. The molecule has 0 unspecified atom stereocenters. The number of hydrogen-bond donors (Lipinski definition) is 0. The van der Waals surface area contributed by atoms with Gasteiger partial charge in [0.2, 0.25) is 6.04 Å². The molecule has 0 aliphatic carbocycles. The third-order valence-corrected chi connectivity index (χ3v) is 2.65. The fourth-order valence-electron chi connectivity index (χ4n) is 1.75. The maximum absolute atomic E-state index is 10.7. The third kappa shape index (κ3) is 4.00. The first-order chi connectivity index (χ1) is 7.25. The van der Waals surface area contributed by atoms with Gasteiger partial charge < -0.3 is 4.74 Å². The number of hydrogen-bond acceptors (Lipinski definition) is 3. The van der Waals surface area contributed by atoms with Crippen LogP contribution in [0.2, 0.25) is 0 Å². The van der Waals surface area contributed by atoms with E-state index in [2.05, 4.69) is 6.92 Å². The molecule has 15 heavy (non-hydrogen) atoms. The highest BCUT2D eigenvalue weighted by Gasteiger charge is 2.32. The van der Waals surface area contributed by atoms with Gasteiger partial charge in [0.1, 0.15) is 6.10 Å². The van der Waals surface area contributed by atoms with Crippen molar-refractivity contribution in [3.63, 3.8) is 0 Å². The van der Waals surface area contributed by atoms with Crippen molar-refractivity contribution in [3.05, 3.63) is 22.3 Å². The summed E-state index contributed by atoms with van der Waals surface area (Å²) in [5.74, 6) is 0. The number of rotatable bonds is 5. The van der Waals surface area contributed by atoms with Gasteiger partial charge in [-0.3, -0.25) is 10.1 Å². The molecule has 0 radical (unpaired) electrons. The first-order valence-corrected chi connectivity index (χ1v) is 5.67. The topological polar surface area (TPSA) is 52.4 Å². The number of nitrogens with zero attached hydrogens (tertiary/aromatic N) is 1. The van der Waals surface area contributed by atoms with E-state index in [1.54, 1.807) is 0 Å². The molecule has 1 fully saturated rings.